The Morgan fingerprint density at radius 3 is 0.983 bits per heavy atom. The van der Waals surface area contributed by atoms with E-state index < -0.39 is 316 Å². The summed E-state index contributed by atoms with van der Waals surface area (Å²) in [7, 11) is 0. The number of carbonyl (C=O) groups is 21. The van der Waals surface area contributed by atoms with Crippen molar-refractivity contribution in [3.8, 4) is 5.75 Å². The van der Waals surface area contributed by atoms with Gasteiger partial charge in [0.05, 0.1) is 44.7 Å². The third-order valence-electron chi connectivity index (χ3n) is 18.6. The molecule has 666 valence electrons. The van der Waals surface area contributed by atoms with Gasteiger partial charge in [0.2, 0.25) is 100 Å². The molecular weight excluding hydrogens is 1580 g/mol. The van der Waals surface area contributed by atoms with Gasteiger partial charge in [-0.15, -0.1) is 0 Å². The van der Waals surface area contributed by atoms with Crippen LogP contribution in [0.5, 0.6) is 5.75 Å². The Hall–Kier alpha value is -12.3. The number of aliphatic hydroxyl groups is 4. The Bertz CT molecular complexity index is 3770. The van der Waals surface area contributed by atoms with Crippen LogP contribution in [0, 0.1) is 17.8 Å². The lowest BCUT2D eigenvalue weighted by Gasteiger charge is -2.30. The number of carboxylic acid groups (broad SMARTS) is 4. The Kier molecular flexibility index (Phi) is 45.5. The molecule has 0 aliphatic heterocycles. The SMILES string of the molecule is CC[C@H](C)[C@H](NC(=O)[C@H](CCC(=O)O)NC(=O)[C@H](CCC(N)=O)NC(=O)[C@H](CCC(=O)O)NC(=O)[C@@H](NC(=O)[C@H](CO)NC(=O)[C@H](CC(N)=O)NC(=O)[C@H](CC(N)=O)NC(=O)[C@H](CC(=O)O)NC(=O)[C@@H](NC(=O)[C@@H](NC(=O)[C@@H](C)NC(=O)[C@@H](N)[C@@H](C)O)[C@@H](C)CC)[C@@H](C)CC)[C@@H](C)O)C(=O)N[C@@H](CO)C(=O)N[C@@H](Cc1ccc(O)cc1)C(=O)O. The van der Waals surface area contributed by atoms with Gasteiger partial charge in [-0.2, -0.15) is 0 Å². The van der Waals surface area contributed by atoms with Gasteiger partial charge in [-0.3, -0.25) is 95.9 Å². The number of phenolic OH excluding ortho intramolecular Hbond substituents is 1. The monoisotopic (exact) mass is 1700 g/mol. The summed E-state index contributed by atoms with van der Waals surface area (Å²) in [6.45, 7) is 10.1. The van der Waals surface area contributed by atoms with E-state index in [1.165, 1.54) is 52.0 Å². The summed E-state index contributed by atoms with van der Waals surface area (Å²) in [5, 5.41) is 120. The molecule has 0 unspecified atom stereocenters. The van der Waals surface area contributed by atoms with Gasteiger partial charge >= 0.3 is 23.9 Å². The number of phenols is 1. The quantitative estimate of drug-likeness (QED) is 0.0288. The Labute approximate surface area is 681 Å². The summed E-state index contributed by atoms with van der Waals surface area (Å²) < 4.78 is 0. The van der Waals surface area contributed by atoms with Crippen LogP contribution in [0.2, 0.25) is 0 Å². The van der Waals surface area contributed by atoms with E-state index in [-0.39, 0.29) is 31.4 Å². The van der Waals surface area contributed by atoms with Crippen LogP contribution in [0.4, 0.5) is 0 Å². The van der Waals surface area contributed by atoms with Crippen molar-refractivity contribution in [2.24, 2.45) is 40.7 Å². The molecule has 48 nitrogen and oxygen atoms in total. The number of carbonyl (C=O) groups excluding carboxylic acids is 17. The van der Waals surface area contributed by atoms with Crippen molar-refractivity contribution in [1.29, 1.82) is 0 Å². The molecule has 0 aliphatic rings. The number of nitrogens with one attached hydrogen (secondary N) is 14. The van der Waals surface area contributed by atoms with Crippen LogP contribution in [0.3, 0.4) is 0 Å². The summed E-state index contributed by atoms with van der Waals surface area (Å²) >= 11 is 0. The van der Waals surface area contributed by atoms with Crippen molar-refractivity contribution in [3.63, 3.8) is 0 Å². The van der Waals surface area contributed by atoms with Crippen LogP contribution in [0.15, 0.2) is 24.3 Å². The van der Waals surface area contributed by atoms with Gasteiger partial charge in [-0.05, 0) is 75.5 Å². The first kappa shape index (κ1) is 105. The first-order valence-corrected chi connectivity index (χ1v) is 37.6. The average Bonchev–Trinajstić information content (AvgIpc) is 0.849. The van der Waals surface area contributed by atoms with E-state index in [0.29, 0.717) is 5.56 Å². The fraction of sp³-hybridized carbons (Fsp3) is 0.620. The molecular formula is C71H112N18O30. The molecule has 17 amide bonds. The van der Waals surface area contributed by atoms with Gasteiger partial charge in [-0.1, -0.05) is 72.9 Å². The minimum Gasteiger partial charge on any atom is -0.508 e. The van der Waals surface area contributed by atoms with Crippen LogP contribution < -0.4 is 97.4 Å². The highest BCUT2D eigenvalue weighted by molar-refractivity contribution is 6.02. The first-order chi connectivity index (χ1) is 55.5. The summed E-state index contributed by atoms with van der Waals surface area (Å²) in [5.74, 6) is -31.0. The van der Waals surface area contributed by atoms with Crippen molar-refractivity contribution in [2.45, 2.75) is 249 Å². The second-order valence-electron chi connectivity index (χ2n) is 28.3. The zero-order chi connectivity index (χ0) is 91.2. The summed E-state index contributed by atoms with van der Waals surface area (Å²) in [5.41, 5.74) is 22.1. The van der Waals surface area contributed by atoms with E-state index in [0.717, 1.165) is 6.92 Å². The van der Waals surface area contributed by atoms with Crippen LogP contribution in [-0.2, 0) is 107 Å². The molecule has 0 aromatic heterocycles. The highest BCUT2D eigenvalue weighted by Gasteiger charge is 2.41. The minimum atomic E-state index is -2.27. The van der Waals surface area contributed by atoms with Crippen molar-refractivity contribution in [3.05, 3.63) is 29.8 Å². The van der Waals surface area contributed by atoms with Crippen LogP contribution in [0.1, 0.15) is 145 Å². The molecule has 1 rings (SSSR count). The van der Waals surface area contributed by atoms with Gasteiger partial charge in [0.1, 0.15) is 96.4 Å². The van der Waals surface area contributed by atoms with Gasteiger partial charge in [0.15, 0.2) is 0 Å². The molecule has 0 heterocycles. The maximum atomic E-state index is 14.2. The molecule has 0 aliphatic carbocycles. The minimum absolute atomic E-state index is 0.0950. The number of primary amides is 3. The second-order valence-corrected chi connectivity index (χ2v) is 28.3. The van der Waals surface area contributed by atoms with E-state index >= 15 is 0 Å². The topological polar surface area (TPSA) is 813 Å². The third-order valence-corrected chi connectivity index (χ3v) is 18.6. The van der Waals surface area contributed by atoms with Gasteiger partial charge in [-0.25, -0.2) is 4.79 Å². The average molecular weight is 1700 g/mol. The Morgan fingerprint density at radius 1 is 0.328 bits per heavy atom. The second kappa shape index (κ2) is 51.7. The highest BCUT2D eigenvalue weighted by atomic mass is 16.4. The summed E-state index contributed by atoms with van der Waals surface area (Å²) in [4.78, 5) is 279. The predicted octanol–water partition coefficient (Wildman–Crippen LogP) is -10.7. The zero-order valence-corrected chi connectivity index (χ0v) is 66.9. The first-order valence-electron chi connectivity index (χ1n) is 37.6. The van der Waals surface area contributed by atoms with Gasteiger partial charge in [0.25, 0.3) is 0 Å². The van der Waals surface area contributed by atoms with Crippen molar-refractivity contribution in [2.75, 3.05) is 13.2 Å². The standard InChI is InChI=1S/C71H112N18O30/c1-10-29(4)53(68(115)85-44(27-90)64(111)83-43(71(118)119)23-35-13-15-36(94)16-14-35)87-60(107)39(19-22-50(100)101)78-58(105)37(17-20-46(72)95)77-59(106)38(18-21-49(98)99)79-70(117)56(34(9)93)89-65(112)45(28-91)84-62(109)41(25-48(74)97)80-61(108)40(24-47(73)96)81-63(110)42(26-51(102)103)82-67(114)54(30(5)11-2)88-69(116)55(31(6)12-3)86-57(104)32(7)76-66(113)52(75)33(8)92/h13-16,29-34,37-45,52-56,90-94H,10-12,17-28,75H2,1-9H3,(H2,72,95)(H2,73,96)(H2,74,97)(H,76,113)(H,77,106)(H,78,105)(H,79,117)(H,80,108)(H,81,110)(H,82,114)(H,83,111)(H,84,109)(H,85,115)(H,86,104)(H,87,107)(H,88,116)(H,89,112)(H,98,99)(H,100,101)(H,102,103)(H,118,119)/t29-,30-,31-,32+,33+,34+,37-,38-,39-,40-,41-,42-,43-,44-,45-,52-,53-,54-,55-,56-/m0/s1. The third kappa shape index (κ3) is 37.2. The molecule has 48 heteroatoms. The van der Waals surface area contributed by atoms with E-state index in [4.69, 9.17) is 22.9 Å². The molecule has 20 atom stereocenters. The number of amides is 17. The van der Waals surface area contributed by atoms with E-state index in [1.54, 1.807) is 27.7 Å². The number of hydrogen-bond donors (Lipinski definition) is 27. The van der Waals surface area contributed by atoms with Crippen molar-refractivity contribution in [1.82, 2.24) is 74.4 Å². The Morgan fingerprint density at radius 2 is 0.622 bits per heavy atom. The molecule has 0 spiro atoms. The van der Waals surface area contributed by atoms with E-state index in [2.05, 4.69) is 53.2 Å². The molecule has 1 aromatic carbocycles. The molecule has 0 radical (unpaired) electrons. The molecule has 0 fully saturated rings. The highest BCUT2D eigenvalue weighted by Crippen LogP contribution is 2.17. The lowest BCUT2D eigenvalue weighted by atomic mass is 9.94. The molecule has 0 saturated heterocycles. The number of nitrogens with two attached hydrogens (primary N) is 4. The smallest absolute Gasteiger partial charge is 0.326 e. The number of aliphatic hydroxyl groups excluding tert-OH is 4. The summed E-state index contributed by atoms with van der Waals surface area (Å²) in [6, 6.07) is -23.0. The number of hydrogen-bond acceptors (Lipinski definition) is 27. The Balaban J connectivity index is 3.62. The van der Waals surface area contributed by atoms with E-state index in [1.807, 2.05) is 21.3 Å². The van der Waals surface area contributed by atoms with E-state index in [9.17, 15) is 147 Å². The fourth-order valence-corrected chi connectivity index (χ4v) is 10.8. The molecule has 0 saturated carbocycles. The predicted molar refractivity (Wildman–Crippen MR) is 408 cm³/mol. The maximum absolute atomic E-state index is 14.2. The molecule has 0 bridgehead atoms. The number of carboxylic acids is 4. The lowest BCUT2D eigenvalue weighted by molar-refractivity contribution is -0.143. The zero-order valence-electron chi connectivity index (χ0n) is 66.9. The van der Waals surface area contributed by atoms with Crippen molar-refractivity contribution < 1.29 is 147 Å². The number of rotatable bonds is 56. The molecule has 1 aromatic rings. The van der Waals surface area contributed by atoms with Crippen LogP contribution in [-0.4, -0.2) is 286 Å². The fourth-order valence-electron chi connectivity index (χ4n) is 10.8. The number of benzene rings is 1. The van der Waals surface area contributed by atoms with Gasteiger partial charge < -0.3 is 143 Å². The largest absolute Gasteiger partial charge is 0.508 e. The van der Waals surface area contributed by atoms with Crippen LogP contribution >= 0.6 is 0 Å². The lowest BCUT2D eigenvalue weighted by Crippen LogP contribution is -2.63. The summed E-state index contributed by atoms with van der Waals surface area (Å²) in [6.07, 6.45) is -11.8. The van der Waals surface area contributed by atoms with Crippen LogP contribution in [0.25, 0.3) is 0 Å². The molecule has 119 heavy (non-hydrogen) atoms. The molecule has 31 N–H and O–H groups in total. The normalized spacial score (nSPS) is 16.1. The van der Waals surface area contributed by atoms with Crippen molar-refractivity contribution >= 4 is 124 Å². The number of aromatic hydroxyl groups is 1. The number of aliphatic carboxylic acids is 4. The van der Waals surface area contributed by atoms with Gasteiger partial charge in [0, 0.05) is 25.7 Å². The maximum Gasteiger partial charge on any atom is 0.326 e.